The molecule has 10 nitrogen and oxygen atoms in total. The Hall–Kier alpha value is -3.47. The van der Waals surface area contributed by atoms with E-state index in [1.807, 2.05) is 0 Å². The van der Waals surface area contributed by atoms with Crippen LogP contribution in [0.3, 0.4) is 0 Å². The number of benzene rings is 2. The second kappa shape index (κ2) is 9.13. The number of sulfonamides is 1. The highest BCUT2D eigenvalue weighted by molar-refractivity contribution is 7.92. The molecule has 0 aliphatic carbocycles. The molecule has 0 spiro atoms. The summed E-state index contributed by atoms with van der Waals surface area (Å²) < 4.78 is 30.6. The molecule has 2 aromatic rings. The van der Waals surface area contributed by atoms with E-state index in [2.05, 4.69) is 10.1 Å². The minimum atomic E-state index is -3.98. The van der Waals surface area contributed by atoms with E-state index >= 15 is 0 Å². The number of esters is 1. The van der Waals surface area contributed by atoms with Crippen molar-refractivity contribution in [2.75, 3.05) is 23.0 Å². The number of hydrogen-bond donors (Lipinski definition) is 1. The van der Waals surface area contributed by atoms with Gasteiger partial charge in [-0.1, -0.05) is 12.1 Å². The van der Waals surface area contributed by atoms with Crippen LogP contribution in [0.15, 0.2) is 36.4 Å². The smallest absolute Gasteiger partial charge is 0.337 e. The number of anilines is 2. The molecular weight excluding hydrogens is 426 g/mol. The molecule has 0 radical (unpaired) electrons. The average molecular weight is 449 g/mol. The molecule has 0 fully saturated rings. The molecule has 0 aliphatic heterocycles. The number of aryl methyl sites for hydroxylation is 2. The van der Waals surface area contributed by atoms with E-state index < -0.39 is 32.9 Å². The molecule has 1 unspecified atom stereocenters. The lowest BCUT2D eigenvalue weighted by molar-refractivity contribution is -0.384. The molecule has 0 bridgehead atoms. The summed E-state index contributed by atoms with van der Waals surface area (Å²) in [5, 5.41) is 13.8. The molecule has 1 atom stereocenters. The van der Waals surface area contributed by atoms with Gasteiger partial charge >= 0.3 is 5.97 Å². The molecule has 0 saturated carbocycles. The van der Waals surface area contributed by atoms with E-state index in [1.165, 1.54) is 38.3 Å². The monoisotopic (exact) mass is 449 g/mol. The van der Waals surface area contributed by atoms with Crippen LogP contribution in [0.1, 0.15) is 28.4 Å². The van der Waals surface area contributed by atoms with Crippen molar-refractivity contribution < 1.29 is 27.7 Å². The van der Waals surface area contributed by atoms with Crippen molar-refractivity contribution in [3.8, 4) is 0 Å². The first-order valence-corrected chi connectivity index (χ1v) is 11.0. The van der Waals surface area contributed by atoms with Gasteiger partial charge in [0.1, 0.15) is 6.04 Å². The Morgan fingerprint density at radius 3 is 2.29 bits per heavy atom. The van der Waals surface area contributed by atoms with Crippen LogP contribution in [0.25, 0.3) is 0 Å². The highest BCUT2D eigenvalue weighted by Gasteiger charge is 2.31. The first-order valence-electron chi connectivity index (χ1n) is 9.11. The zero-order valence-electron chi connectivity index (χ0n) is 17.7. The van der Waals surface area contributed by atoms with Crippen LogP contribution in [0, 0.1) is 24.0 Å². The molecular formula is C20H23N3O7S. The lowest BCUT2D eigenvalue weighted by atomic mass is 10.1. The number of nitro groups is 1. The van der Waals surface area contributed by atoms with Gasteiger partial charge in [0, 0.05) is 17.8 Å². The van der Waals surface area contributed by atoms with Crippen LogP contribution in [0.2, 0.25) is 0 Å². The number of carbonyl (C=O) groups excluding carboxylic acids is 2. The Morgan fingerprint density at radius 1 is 1.13 bits per heavy atom. The van der Waals surface area contributed by atoms with Crippen LogP contribution in [0.4, 0.5) is 17.1 Å². The van der Waals surface area contributed by atoms with Gasteiger partial charge in [0.2, 0.25) is 15.9 Å². The number of nitrogens with zero attached hydrogens (tertiary/aromatic N) is 2. The fraction of sp³-hybridized carbons (Fsp3) is 0.300. The molecule has 0 heterocycles. The summed E-state index contributed by atoms with van der Waals surface area (Å²) in [6, 6.07) is 7.13. The largest absolute Gasteiger partial charge is 0.465 e. The average Bonchev–Trinajstić information content (AvgIpc) is 2.69. The predicted molar refractivity (Wildman–Crippen MR) is 116 cm³/mol. The number of non-ortho nitro benzene ring substituents is 1. The molecule has 2 rings (SSSR count). The second-order valence-electron chi connectivity index (χ2n) is 6.97. The number of amides is 1. The normalized spacial score (nSPS) is 12.0. The summed E-state index contributed by atoms with van der Waals surface area (Å²) in [4.78, 5) is 35.2. The molecule has 0 saturated heterocycles. The Balaban J connectivity index is 2.45. The number of nitrogens with one attached hydrogen (secondary N) is 1. The third-order valence-electron chi connectivity index (χ3n) is 4.65. The number of nitro benzene ring substituents is 1. The Bertz CT molecular complexity index is 1150. The van der Waals surface area contributed by atoms with Gasteiger partial charge in [0.15, 0.2) is 0 Å². The summed E-state index contributed by atoms with van der Waals surface area (Å²) in [5.74, 6) is -1.27. The minimum absolute atomic E-state index is 0.0272. The van der Waals surface area contributed by atoms with Crippen molar-refractivity contribution in [1.29, 1.82) is 0 Å². The topological polar surface area (TPSA) is 136 Å². The number of rotatable bonds is 7. The number of carbonyl (C=O) groups is 2. The summed E-state index contributed by atoms with van der Waals surface area (Å²) in [5.41, 5.74) is 1.34. The fourth-order valence-electron chi connectivity index (χ4n) is 2.97. The lowest BCUT2D eigenvalue weighted by Gasteiger charge is -2.29. The van der Waals surface area contributed by atoms with Crippen molar-refractivity contribution in [3.05, 3.63) is 63.2 Å². The van der Waals surface area contributed by atoms with Gasteiger partial charge in [-0.2, -0.15) is 0 Å². The summed E-state index contributed by atoms with van der Waals surface area (Å²) >= 11 is 0. The number of ether oxygens (including phenoxy) is 1. The van der Waals surface area contributed by atoms with Gasteiger partial charge < -0.3 is 10.1 Å². The molecule has 166 valence electrons. The number of methoxy groups -OCH3 is 1. The first kappa shape index (κ1) is 23.8. The molecule has 0 aliphatic rings. The van der Waals surface area contributed by atoms with Crippen molar-refractivity contribution in [3.63, 3.8) is 0 Å². The fourth-order valence-corrected chi connectivity index (χ4v) is 4.19. The molecule has 1 amide bonds. The second-order valence-corrected chi connectivity index (χ2v) is 8.83. The Kier molecular flexibility index (Phi) is 7.01. The molecule has 2 aromatic carbocycles. The minimum Gasteiger partial charge on any atom is -0.465 e. The summed E-state index contributed by atoms with van der Waals surface area (Å²) in [6.07, 6.45) is 0.915. The van der Waals surface area contributed by atoms with Gasteiger partial charge in [-0.25, -0.2) is 13.2 Å². The Labute approximate surface area is 180 Å². The maximum Gasteiger partial charge on any atom is 0.337 e. The van der Waals surface area contributed by atoms with Crippen LogP contribution in [0.5, 0.6) is 0 Å². The van der Waals surface area contributed by atoms with Crippen LogP contribution in [-0.4, -0.2) is 44.6 Å². The third-order valence-corrected chi connectivity index (χ3v) is 5.87. The zero-order chi connectivity index (χ0) is 23.5. The zero-order valence-corrected chi connectivity index (χ0v) is 18.5. The number of hydrogen-bond acceptors (Lipinski definition) is 7. The van der Waals surface area contributed by atoms with E-state index in [-0.39, 0.29) is 16.9 Å². The van der Waals surface area contributed by atoms with Crippen LogP contribution < -0.4 is 9.62 Å². The molecule has 31 heavy (non-hydrogen) atoms. The van der Waals surface area contributed by atoms with E-state index in [1.54, 1.807) is 19.9 Å². The van der Waals surface area contributed by atoms with E-state index in [0.29, 0.717) is 16.8 Å². The van der Waals surface area contributed by atoms with Gasteiger partial charge in [-0.05, 0) is 44.0 Å². The quantitative estimate of drug-likeness (QED) is 0.390. The van der Waals surface area contributed by atoms with Crippen LogP contribution >= 0.6 is 0 Å². The maximum absolute atomic E-state index is 12.9. The maximum atomic E-state index is 12.9. The van der Waals surface area contributed by atoms with Gasteiger partial charge in [-0.3, -0.25) is 19.2 Å². The van der Waals surface area contributed by atoms with E-state index in [9.17, 15) is 28.1 Å². The van der Waals surface area contributed by atoms with Crippen molar-refractivity contribution in [2.45, 2.75) is 26.8 Å². The van der Waals surface area contributed by atoms with Crippen molar-refractivity contribution in [2.24, 2.45) is 0 Å². The standard InChI is InChI=1S/C20H23N3O7S/c1-12-6-8-15(20(25)30-4)10-17(12)21-19(24)14(3)22(31(5,28)29)18-11-16(23(26)27)9-7-13(18)2/h6-11,14H,1-5H3,(H,21,24). The van der Waals surface area contributed by atoms with Gasteiger partial charge in [0.05, 0.1) is 29.5 Å². The molecule has 0 aromatic heterocycles. The van der Waals surface area contributed by atoms with E-state index in [4.69, 9.17) is 0 Å². The first-order chi connectivity index (χ1) is 14.4. The molecule has 1 N–H and O–H groups in total. The highest BCUT2D eigenvalue weighted by Crippen LogP contribution is 2.30. The van der Waals surface area contributed by atoms with Crippen molar-refractivity contribution >= 4 is 39.0 Å². The van der Waals surface area contributed by atoms with Gasteiger partial charge in [-0.15, -0.1) is 0 Å². The third kappa shape index (κ3) is 5.37. The molecule has 11 heteroatoms. The Morgan fingerprint density at radius 2 is 1.74 bits per heavy atom. The van der Waals surface area contributed by atoms with Crippen molar-refractivity contribution in [1.82, 2.24) is 0 Å². The lowest BCUT2D eigenvalue weighted by Crippen LogP contribution is -2.45. The summed E-state index contributed by atoms with van der Waals surface area (Å²) in [6.45, 7) is 4.67. The van der Waals surface area contributed by atoms with Gasteiger partial charge in [0.25, 0.3) is 5.69 Å². The van der Waals surface area contributed by atoms with E-state index in [0.717, 1.165) is 16.6 Å². The predicted octanol–water partition coefficient (Wildman–Crippen LogP) is 2.79. The summed E-state index contributed by atoms with van der Waals surface area (Å²) in [7, 11) is -2.75. The highest BCUT2D eigenvalue weighted by atomic mass is 32.2. The van der Waals surface area contributed by atoms with Crippen LogP contribution in [-0.2, 0) is 19.6 Å². The SMILES string of the molecule is COC(=O)c1ccc(C)c(NC(=O)C(C)N(c2cc([N+](=O)[O-])ccc2C)S(C)(=O)=O)c1.